The molecule has 1 aliphatic carbocycles. The van der Waals surface area contributed by atoms with Gasteiger partial charge in [0.15, 0.2) is 0 Å². The van der Waals surface area contributed by atoms with Crippen molar-refractivity contribution in [2.75, 3.05) is 27.2 Å². The van der Waals surface area contributed by atoms with E-state index in [9.17, 15) is 9.59 Å². The van der Waals surface area contributed by atoms with Crippen LogP contribution in [0.4, 0.5) is 0 Å². The molecular formula is C30H41N3O2. The van der Waals surface area contributed by atoms with Crippen molar-refractivity contribution in [2.45, 2.75) is 69.4 Å². The summed E-state index contributed by atoms with van der Waals surface area (Å²) in [7, 11) is 4.31. The highest BCUT2D eigenvalue weighted by Gasteiger charge is 2.39. The number of benzene rings is 2. The molecule has 1 saturated heterocycles. The van der Waals surface area contributed by atoms with Gasteiger partial charge in [0.05, 0.1) is 0 Å². The number of nitrogens with one attached hydrogen (secondary N) is 1. The van der Waals surface area contributed by atoms with Crippen LogP contribution in [0.2, 0.25) is 0 Å². The molecule has 2 aromatic rings. The summed E-state index contributed by atoms with van der Waals surface area (Å²) in [6.07, 6.45) is 7.74. The maximum Gasteiger partial charge on any atom is 0.223 e. The lowest BCUT2D eigenvalue weighted by Crippen LogP contribution is -2.48. The minimum Gasteiger partial charge on any atom is -0.353 e. The molecule has 0 unspecified atom stereocenters. The maximum absolute atomic E-state index is 12.7. The van der Waals surface area contributed by atoms with Gasteiger partial charge in [0, 0.05) is 37.5 Å². The standard InChI is InChI=1S/C30H41N3O2/c1-32(2)30(26-11-7-4-8-12-26)19-15-27(16-20-30)31-28(34)13-14-29(35)33-21-17-25(18-22-33)23-24-9-5-3-6-10-24/h3-12,25,27H,13-23H2,1-2H3,(H,31,34). The monoisotopic (exact) mass is 475 g/mol. The zero-order chi connectivity index (χ0) is 24.7. The van der Waals surface area contributed by atoms with Gasteiger partial charge in [0.2, 0.25) is 11.8 Å². The molecule has 1 aliphatic heterocycles. The summed E-state index contributed by atoms with van der Waals surface area (Å²) in [6.45, 7) is 1.62. The number of nitrogens with zero attached hydrogens (tertiary/aromatic N) is 2. The molecular weight excluding hydrogens is 434 g/mol. The van der Waals surface area contributed by atoms with E-state index in [2.05, 4.69) is 85.0 Å². The second-order valence-electron chi connectivity index (χ2n) is 10.6. The van der Waals surface area contributed by atoms with Gasteiger partial charge in [0.1, 0.15) is 0 Å². The molecule has 188 valence electrons. The summed E-state index contributed by atoms with van der Waals surface area (Å²) in [5.74, 6) is 0.776. The van der Waals surface area contributed by atoms with E-state index < -0.39 is 0 Å². The SMILES string of the molecule is CN(C)C1(c2ccccc2)CCC(NC(=O)CCC(=O)N2CCC(Cc3ccccc3)CC2)CC1. The Morgan fingerprint density at radius 3 is 2.09 bits per heavy atom. The molecule has 1 saturated carbocycles. The second kappa shape index (κ2) is 11.9. The summed E-state index contributed by atoms with van der Waals surface area (Å²) in [5, 5.41) is 3.21. The van der Waals surface area contributed by atoms with Crippen LogP contribution in [0.3, 0.4) is 0 Å². The lowest BCUT2D eigenvalue weighted by atomic mass is 9.74. The maximum atomic E-state index is 12.7. The van der Waals surface area contributed by atoms with Crippen molar-refractivity contribution in [1.82, 2.24) is 15.1 Å². The molecule has 0 bridgehead atoms. The van der Waals surface area contributed by atoms with Crippen LogP contribution in [0.5, 0.6) is 0 Å². The van der Waals surface area contributed by atoms with Gasteiger partial charge < -0.3 is 10.2 Å². The molecule has 1 N–H and O–H groups in total. The molecule has 2 aromatic carbocycles. The number of hydrogen-bond donors (Lipinski definition) is 1. The first-order chi connectivity index (χ1) is 17.0. The minimum absolute atomic E-state index is 0.0133. The molecule has 5 nitrogen and oxygen atoms in total. The van der Waals surface area contributed by atoms with E-state index in [0.717, 1.165) is 58.0 Å². The summed E-state index contributed by atoms with van der Waals surface area (Å²) in [4.78, 5) is 29.6. The van der Waals surface area contributed by atoms with E-state index in [1.807, 2.05) is 4.90 Å². The van der Waals surface area contributed by atoms with Gasteiger partial charge >= 0.3 is 0 Å². The largest absolute Gasteiger partial charge is 0.353 e. The predicted octanol–water partition coefficient (Wildman–Crippen LogP) is 4.76. The summed E-state index contributed by atoms with van der Waals surface area (Å²) in [6, 6.07) is 21.5. The van der Waals surface area contributed by atoms with Crippen LogP contribution in [0, 0.1) is 5.92 Å². The van der Waals surface area contributed by atoms with E-state index in [1.165, 1.54) is 11.1 Å². The normalized spacial score (nSPS) is 23.3. The lowest BCUT2D eigenvalue weighted by Gasteiger charge is -2.45. The van der Waals surface area contributed by atoms with Crippen LogP contribution in [0.25, 0.3) is 0 Å². The Bertz CT molecular complexity index is 944. The summed E-state index contributed by atoms with van der Waals surface area (Å²) < 4.78 is 0. The van der Waals surface area contributed by atoms with Crippen molar-refractivity contribution >= 4 is 11.8 Å². The number of likely N-dealkylation sites (tertiary alicyclic amines) is 1. The predicted molar refractivity (Wildman–Crippen MR) is 141 cm³/mol. The quantitative estimate of drug-likeness (QED) is 0.599. The topological polar surface area (TPSA) is 52.7 Å². The number of piperidine rings is 1. The fraction of sp³-hybridized carbons (Fsp3) is 0.533. The van der Waals surface area contributed by atoms with Crippen molar-refractivity contribution < 1.29 is 9.59 Å². The summed E-state index contributed by atoms with van der Waals surface area (Å²) in [5.41, 5.74) is 2.77. The Kier molecular flexibility index (Phi) is 8.61. The minimum atomic E-state index is 0.0133. The third-order valence-corrected chi connectivity index (χ3v) is 8.25. The molecule has 5 heteroatoms. The van der Waals surface area contributed by atoms with Gasteiger partial charge in [-0.15, -0.1) is 0 Å². The van der Waals surface area contributed by atoms with Crippen LogP contribution in [-0.2, 0) is 21.5 Å². The zero-order valence-electron chi connectivity index (χ0n) is 21.4. The van der Waals surface area contributed by atoms with Crippen molar-refractivity contribution in [3.63, 3.8) is 0 Å². The van der Waals surface area contributed by atoms with E-state index in [1.54, 1.807) is 0 Å². The van der Waals surface area contributed by atoms with Crippen LogP contribution < -0.4 is 5.32 Å². The molecule has 2 amide bonds. The average molecular weight is 476 g/mol. The molecule has 0 atom stereocenters. The van der Waals surface area contributed by atoms with Crippen LogP contribution in [-0.4, -0.2) is 54.8 Å². The van der Waals surface area contributed by atoms with E-state index in [4.69, 9.17) is 0 Å². The molecule has 0 radical (unpaired) electrons. The fourth-order valence-electron chi connectivity index (χ4n) is 5.99. The number of carbonyl (C=O) groups is 2. The van der Waals surface area contributed by atoms with Crippen LogP contribution in [0.1, 0.15) is 62.5 Å². The number of hydrogen-bond acceptors (Lipinski definition) is 3. The fourth-order valence-corrected chi connectivity index (χ4v) is 5.99. The van der Waals surface area contributed by atoms with Gasteiger partial charge in [-0.05, 0) is 76.1 Å². The van der Waals surface area contributed by atoms with E-state index in [-0.39, 0.29) is 29.8 Å². The number of carbonyl (C=O) groups excluding carboxylic acids is 2. The molecule has 2 aliphatic rings. The van der Waals surface area contributed by atoms with Gasteiger partial charge in [-0.1, -0.05) is 60.7 Å². The van der Waals surface area contributed by atoms with Crippen LogP contribution in [0.15, 0.2) is 60.7 Å². The van der Waals surface area contributed by atoms with Crippen LogP contribution >= 0.6 is 0 Å². The highest BCUT2D eigenvalue weighted by Crippen LogP contribution is 2.41. The highest BCUT2D eigenvalue weighted by molar-refractivity contribution is 5.84. The second-order valence-corrected chi connectivity index (χ2v) is 10.6. The Hall–Kier alpha value is -2.66. The van der Waals surface area contributed by atoms with E-state index >= 15 is 0 Å². The highest BCUT2D eigenvalue weighted by atomic mass is 16.2. The van der Waals surface area contributed by atoms with Gasteiger partial charge in [-0.3, -0.25) is 14.5 Å². The third kappa shape index (κ3) is 6.52. The molecule has 0 aromatic heterocycles. The van der Waals surface area contributed by atoms with Crippen molar-refractivity contribution in [3.8, 4) is 0 Å². The molecule has 4 rings (SSSR count). The number of amides is 2. The Morgan fingerprint density at radius 2 is 1.49 bits per heavy atom. The zero-order valence-corrected chi connectivity index (χ0v) is 21.4. The Morgan fingerprint density at radius 1 is 0.886 bits per heavy atom. The number of rotatable bonds is 8. The first-order valence-corrected chi connectivity index (χ1v) is 13.3. The van der Waals surface area contributed by atoms with Gasteiger partial charge in [-0.25, -0.2) is 0 Å². The van der Waals surface area contributed by atoms with Gasteiger partial charge in [-0.2, -0.15) is 0 Å². The Balaban J connectivity index is 1.17. The first kappa shape index (κ1) is 25.4. The molecule has 0 spiro atoms. The van der Waals surface area contributed by atoms with Crippen molar-refractivity contribution in [3.05, 3.63) is 71.8 Å². The molecule has 2 fully saturated rings. The third-order valence-electron chi connectivity index (χ3n) is 8.25. The Labute approximate surface area is 210 Å². The summed E-state index contributed by atoms with van der Waals surface area (Å²) >= 11 is 0. The van der Waals surface area contributed by atoms with E-state index in [0.29, 0.717) is 12.3 Å². The molecule has 35 heavy (non-hydrogen) atoms. The average Bonchev–Trinajstić information content (AvgIpc) is 2.89. The van der Waals surface area contributed by atoms with Crippen molar-refractivity contribution in [1.29, 1.82) is 0 Å². The van der Waals surface area contributed by atoms with Gasteiger partial charge in [0.25, 0.3) is 0 Å². The molecule has 1 heterocycles. The lowest BCUT2D eigenvalue weighted by molar-refractivity contribution is -0.135. The first-order valence-electron chi connectivity index (χ1n) is 13.3. The smallest absolute Gasteiger partial charge is 0.223 e. The van der Waals surface area contributed by atoms with Crippen molar-refractivity contribution in [2.24, 2.45) is 5.92 Å².